The lowest BCUT2D eigenvalue weighted by Gasteiger charge is -2.32. The number of nitro benzene ring substituents is 1. The second kappa shape index (κ2) is 6.22. The Kier molecular flexibility index (Phi) is 4.57. The van der Waals surface area contributed by atoms with Crippen LogP contribution in [-0.2, 0) is 4.79 Å². The fraction of sp³-hybridized carbons (Fsp3) is 0.533. The van der Waals surface area contributed by atoms with Crippen LogP contribution < -0.4 is 11.1 Å². The Balaban J connectivity index is 2.05. The summed E-state index contributed by atoms with van der Waals surface area (Å²) in [6.45, 7) is 1.80. The smallest absolute Gasteiger partial charge is 0.271 e. The minimum atomic E-state index is -0.472. The van der Waals surface area contributed by atoms with Gasteiger partial charge in [0.25, 0.3) is 5.69 Å². The summed E-state index contributed by atoms with van der Waals surface area (Å²) in [4.78, 5) is 22.5. The molecular weight excluding hydrogens is 270 g/mol. The van der Waals surface area contributed by atoms with Crippen LogP contribution in [0.3, 0.4) is 0 Å². The highest BCUT2D eigenvalue weighted by atomic mass is 16.6. The summed E-state index contributed by atoms with van der Waals surface area (Å²) in [6, 6.07) is 4.44. The number of carbonyl (C=O) groups excluding carboxylic acids is 1. The van der Waals surface area contributed by atoms with Gasteiger partial charge in [0, 0.05) is 24.1 Å². The minimum absolute atomic E-state index is 0.0315. The predicted octanol–water partition coefficient (Wildman–Crippen LogP) is 2.89. The van der Waals surface area contributed by atoms with Crippen molar-refractivity contribution in [1.82, 2.24) is 0 Å². The normalized spacial score (nSPS) is 17.2. The van der Waals surface area contributed by atoms with E-state index in [1.54, 1.807) is 13.0 Å². The number of nitrogens with zero attached hydrogens (tertiary/aromatic N) is 1. The zero-order chi connectivity index (χ0) is 15.5. The monoisotopic (exact) mass is 291 g/mol. The van der Waals surface area contributed by atoms with Gasteiger partial charge in [0.05, 0.1) is 10.6 Å². The van der Waals surface area contributed by atoms with Gasteiger partial charge in [-0.25, -0.2) is 0 Å². The van der Waals surface area contributed by atoms with Crippen molar-refractivity contribution in [3.63, 3.8) is 0 Å². The third kappa shape index (κ3) is 4.01. The first-order valence-corrected chi connectivity index (χ1v) is 7.23. The molecule has 0 radical (unpaired) electrons. The molecule has 3 N–H and O–H groups in total. The summed E-state index contributed by atoms with van der Waals surface area (Å²) in [5.41, 5.74) is 7.07. The Bertz CT molecular complexity index is 551. The Hall–Kier alpha value is -1.95. The molecule has 114 valence electrons. The lowest BCUT2D eigenvalue weighted by Crippen LogP contribution is -2.44. The van der Waals surface area contributed by atoms with E-state index in [9.17, 15) is 14.9 Å². The standard InChI is InChI=1S/C15H21N3O3/c1-11-5-6-12(18(20)21)9-13(11)17-14(19)10-15(16)7-3-2-4-8-15/h5-6,9H,2-4,7-8,10,16H2,1H3,(H,17,19). The highest BCUT2D eigenvalue weighted by Crippen LogP contribution is 2.29. The Labute approximate surface area is 123 Å². The highest BCUT2D eigenvalue weighted by Gasteiger charge is 2.30. The molecule has 0 aliphatic heterocycles. The molecular formula is C15H21N3O3. The van der Waals surface area contributed by atoms with E-state index >= 15 is 0 Å². The van der Waals surface area contributed by atoms with Crippen molar-refractivity contribution in [3.8, 4) is 0 Å². The zero-order valence-corrected chi connectivity index (χ0v) is 12.2. The highest BCUT2D eigenvalue weighted by molar-refractivity contribution is 5.92. The van der Waals surface area contributed by atoms with Gasteiger partial charge in [-0.05, 0) is 25.3 Å². The van der Waals surface area contributed by atoms with Crippen LogP contribution in [0.15, 0.2) is 18.2 Å². The number of nitrogens with two attached hydrogens (primary N) is 1. The maximum atomic E-state index is 12.2. The van der Waals surface area contributed by atoms with E-state index < -0.39 is 10.5 Å². The third-order valence-corrected chi connectivity index (χ3v) is 4.07. The van der Waals surface area contributed by atoms with E-state index in [-0.39, 0.29) is 18.0 Å². The van der Waals surface area contributed by atoms with Gasteiger partial charge in [0.1, 0.15) is 0 Å². The van der Waals surface area contributed by atoms with Crippen LogP contribution in [0.2, 0.25) is 0 Å². The summed E-state index contributed by atoms with van der Waals surface area (Å²) in [5, 5.41) is 13.5. The molecule has 0 unspecified atom stereocenters. The van der Waals surface area contributed by atoms with Crippen LogP contribution in [0.25, 0.3) is 0 Å². The van der Waals surface area contributed by atoms with Crippen molar-refractivity contribution in [2.24, 2.45) is 5.73 Å². The van der Waals surface area contributed by atoms with Crippen molar-refractivity contribution < 1.29 is 9.72 Å². The Morgan fingerprint density at radius 3 is 2.67 bits per heavy atom. The van der Waals surface area contributed by atoms with E-state index in [2.05, 4.69) is 5.32 Å². The number of carbonyl (C=O) groups is 1. The Morgan fingerprint density at radius 2 is 2.05 bits per heavy atom. The molecule has 0 bridgehead atoms. The first kappa shape index (κ1) is 15.4. The molecule has 1 aromatic carbocycles. The number of amides is 1. The predicted molar refractivity (Wildman–Crippen MR) is 81.1 cm³/mol. The maximum Gasteiger partial charge on any atom is 0.271 e. The molecule has 1 fully saturated rings. The van der Waals surface area contributed by atoms with Crippen molar-refractivity contribution >= 4 is 17.3 Å². The Morgan fingerprint density at radius 1 is 1.38 bits per heavy atom. The van der Waals surface area contributed by atoms with Crippen molar-refractivity contribution in [1.29, 1.82) is 0 Å². The number of hydrogen-bond acceptors (Lipinski definition) is 4. The largest absolute Gasteiger partial charge is 0.326 e. The average molecular weight is 291 g/mol. The molecule has 0 saturated heterocycles. The molecule has 21 heavy (non-hydrogen) atoms. The number of non-ortho nitro benzene ring substituents is 1. The van der Waals surface area contributed by atoms with E-state index in [1.165, 1.54) is 18.6 Å². The van der Waals surface area contributed by atoms with E-state index in [0.29, 0.717) is 5.69 Å². The van der Waals surface area contributed by atoms with Crippen LogP contribution in [-0.4, -0.2) is 16.4 Å². The average Bonchev–Trinajstić information content (AvgIpc) is 2.41. The molecule has 1 amide bonds. The van der Waals surface area contributed by atoms with E-state index in [4.69, 9.17) is 5.73 Å². The zero-order valence-electron chi connectivity index (χ0n) is 12.2. The second-order valence-corrected chi connectivity index (χ2v) is 5.90. The number of anilines is 1. The molecule has 6 nitrogen and oxygen atoms in total. The molecule has 0 atom stereocenters. The summed E-state index contributed by atoms with van der Waals surface area (Å²) in [7, 11) is 0. The van der Waals surface area contributed by atoms with E-state index in [1.807, 2.05) is 0 Å². The number of benzene rings is 1. The van der Waals surface area contributed by atoms with Gasteiger partial charge in [-0.1, -0.05) is 25.3 Å². The van der Waals surface area contributed by atoms with Crippen molar-refractivity contribution in [3.05, 3.63) is 33.9 Å². The first-order valence-electron chi connectivity index (χ1n) is 7.23. The number of rotatable bonds is 4. The molecule has 1 saturated carbocycles. The van der Waals surface area contributed by atoms with Gasteiger partial charge < -0.3 is 11.1 Å². The van der Waals surface area contributed by atoms with Crippen LogP contribution in [0.5, 0.6) is 0 Å². The van der Waals surface area contributed by atoms with Gasteiger partial charge in [0.15, 0.2) is 0 Å². The van der Waals surface area contributed by atoms with E-state index in [0.717, 1.165) is 31.2 Å². The molecule has 1 aliphatic rings. The van der Waals surface area contributed by atoms with Gasteiger partial charge in [-0.2, -0.15) is 0 Å². The molecule has 1 aliphatic carbocycles. The number of aryl methyl sites for hydroxylation is 1. The summed E-state index contributed by atoms with van der Waals surface area (Å²) >= 11 is 0. The molecule has 0 aromatic heterocycles. The lowest BCUT2D eigenvalue weighted by atomic mass is 9.80. The van der Waals surface area contributed by atoms with Gasteiger partial charge in [-0.15, -0.1) is 0 Å². The molecule has 0 spiro atoms. The lowest BCUT2D eigenvalue weighted by molar-refractivity contribution is -0.384. The summed E-state index contributed by atoms with van der Waals surface area (Å²) in [5.74, 6) is -0.178. The molecule has 0 heterocycles. The van der Waals surface area contributed by atoms with Gasteiger partial charge in [-0.3, -0.25) is 14.9 Å². The molecule has 6 heteroatoms. The number of nitrogens with one attached hydrogen (secondary N) is 1. The van der Waals surface area contributed by atoms with Crippen LogP contribution in [0.4, 0.5) is 11.4 Å². The van der Waals surface area contributed by atoms with Gasteiger partial charge >= 0.3 is 0 Å². The van der Waals surface area contributed by atoms with Crippen LogP contribution in [0, 0.1) is 17.0 Å². The maximum absolute atomic E-state index is 12.2. The minimum Gasteiger partial charge on any atom is -0.326 e. The summed E-state index contributed by atoms with van der Waals surface area (Å²) < 4.78 is 0. The fourth-order valence-electron chi connectivity index (χ4n) is 2.81. The topological polar surface area (TPSA) is 98.3 Å². The SMILES string of the molecule is Cc1ccc([N+](=O)[O-])cc1NC(=O)CC1(N)CCCCC1. The first-order chi connectivity index (χ1) is 9.89. The second-order valence-electron chi connectivity index (χ2n) is 5.90. The molecule has 2 rings (SSSR count). The summed E-state index contributed by atoms with van der Waals surface area (Å²) in [6.07, 6.45) is 5.25. The third-order valence-electron chi connectivity index (χ3n) is 4.07. The molecule has 1 aromatic rings. The fourth-order valence-corrected chi connectivity index (χ4v) is 2.81. The van der Waals surface area contributed by atoms with Crippen molar-refractivity contribution in [2.45, 2.75) is 51.0 Å². The van der Waals surface area contributed by atoms with Crippen molar-refractivity contribution in [2.75, 3.05) is 5.32 Å². The van der Waals surface area contributed by atoms with Gasteiger partial charge in [0.2, 0.25) is 5.91 Å². The van der Waals surface area contributed by atoms with Crippen LogP contribution in [0.1, 0.15) is 44.1 Å². The number of hydrogen-bond donors (Lipinski definition) is 2. The van der Waals surface area contributed by atoms with Crippen LogP contribution >= 0.6 is 0 Å². The number of nitro groups is 1. The quantitative estimate of drug-likeness (QED) is 0.658.